The summed E-state index contributed by atoms with van der Waals surface area (Å²) in [5.74, 6) is 0. The van der Waals surface area contributed by atoms with E-state index in [1.165, 1.54) is 17.5 Å². The van der Waals surface area contributed by atoms with Gasteiger partial charge in [0.15, 0.2) is 0 Å². The topological polar surface area (TPSA) is 26.0 Å². The number of halogens is 1. The predicted molar refractivity (Wildman–Crippen MR) is 56.1 cm³/mol. The Balaban J connectivity index is 2.49. The van der Waals surface area contributed by atoms with E-state index in [-0.39, 0.29) is 6.04 Å². The maximum Gasteiger partial charge on any atom is 0.0444 e. The second kappa shape index (κ2) is 3.32. The molecule has 2 rings (SSSR count). The second-order valence-corrected chi connectivity index (χ2v) is 4.19. The highest BCUT2D eigenvalue weighted by Crippen LogP contribution is 2.31. The fourth-order valence-corrected chi connectivity index (χ4v) is 2.28. The highest BCUT2D eigenvalue weighted by atomic mass is 35.5. The summed E-state index contributed by atoms with van der Waals surface area (Å²) in [6.07, 6.45) is 3.53. The van der Waals surface area contributed by atoms with Crippen molar-refractivity contribution in [3.8, 4) is 0 Å². The normalized spacial score (nSPS) is 17.2. The van der Waals surface area contributed by atoms with Gasteiger partial charge in [-0.3, -0.25) is 0 Å². The minimum absolute atomic E-state index is 0.0865. The summed E-state index contributed by atoms with van der Waals surface area (Å²) in [6, 6.07) is 4.30. The Morgan fingerprint density at radius 1 is 1.38 bits per heavy atom. The summed E-state index contributed by atoms with van der Waals surface area (Å²) in [6.45, 7) is 1.99. The molecule has 0 saturated carbocycles. The molecule has 2 N–H and O–H groups in total. The summed E-state index contributed by atoms with van der Waals surface area (Å²) >= 11 is 6.16. The van der Waals surface area contributed by atoms with E-state index in [2.05, 4.69) is 6.07 Å². The van der Waals surface area contributed by atoms with Crippen molar-refractivity contribution in [3.05, 3.63) is 33.8 Å². The van der Waals surface area contributed by atoms with Crippen LogP contribution in [0, 0.1) is 0 Å². The van der Waals surface area contributed by atoms with Gasteiger partial charge < -0.3 is 5.73 Å². The van der Waals surface area contributed by atoms with E-state index >= 15 is 0 Å². The molecule has 1 aliphatic rings. The van der Waals surface area contributed by atoms with Gasteiger partial charge in [0, 0.05) is 11.1 Å². The summed E-state index contributed by atoms with van der Waals surface area (Å²) < 4.78 is 0. The third-order valence-corrected chi connectivity index (χ3v) is 3.05. The van der Waals surface area contributed by atoms with Crippen LogP contribution in [0.4, 0.5) is 0 Å². The number of nitrogens with two attached hydrogens (primary N) is 1. The standard InChI is InChI=1S/C11H14ClN/c1-7(13)9-5-8-3-2-4-10(8)11(12)6-9/h5-7H,2-4,13H2,1H3. The van der Waals surface area contributed by atoms with Gasteiger partial charge in [0.2, 0.25) is 0 Å². The third kappa shape index (κ3) is 1.59. The van der Waals surface area contributed by atoms with E-state index in [1.54, 1.807) is 0 Å². The SMILES string of the molecule is CC(N)c1cc(Cl)c2c(c1)CCC2. The smallest absolute Gasteiger partial charge is 0.0444 e. The highest BCUT2D eigenvalue weighted by molar-refractivity contribution is 6.31. The van der Waals surface area contributed by atoms with Crippen LogP contribution in [0.1, 0.15) is 36.1 Å². The molecule has 13 heavy (non-hydrogen) atoms. The molecule has 0 radical (unpaired) electrons. The molecule has 2 heteroatoms. The van der Waals surface area contributed by atoms with Gasteiger partial charge in [-0.05, 0) is 48.9 Å². The number of aryl methyl sites for hydroxylation is 1. The van der Waals surface area contributed by atoms with Crippen molar-refractivity contribution in [1.82, 2.24) is 0 Å². The molecular weight excluding hydrogens is 182 g/mol. The van der Waals surface area contributed by atoms with Crippen molar-refractivity contribution in [3.63, 3.8) is 0 Å². The summed E-state index contributed by atoms with van der Waals surface area (Å²) in [4.78, 5) is 0. The largest absolute Gasteiger partial charge is 0.324 e. The van der Waals surface area contributed by atoms with Gasteiger partial charge in [-0.1, -0.05) is 17.7 Å². The van der Waals surface area contributed by atoms with Crippen molar-refractivity contribution in [2.24, 2.45) is 5.73 Å². The monoisotopic (exact) mass is 195 g/mol. The maximum atomic E-state index is 6.16. The van der Waals surface area contributed by atoms with Crippen LogP contribution in [0.15, 0.2) is 12.1 Å². The summed E-state index contributed by atoms with van der Waals surface area (Å²) in [7, 11) is 0. The van der Waals surface area contributed by atoms with Crippen LogP contribution in [0.3, 0.4) is 0 Å². The van der Waals surface area contributed by atoms with Gasteiger partial charge in [0.25, 0.3) is 0 Å². The number of hydrogen-bond donors (Lipinski definition) is 1. The lowest BCUT2D eigenvalue weighted by molar-refractivity contribution is 0.815. The molecule has 0 aliphatic heterocycles. The van der Waals surface area contributed by atoms with Crippen molar-refractivity contribution in [2.75, 3.05) is 0 Å². The molecule has 1 nitrogen and oxygen atoms in total. The molecule has 1 aromatic carbocycles. The van der Waals surface area contributed by atoms with E-state index in [1.807, 2.05) is 13.0 Å². The lowest BCUT2D eigenvalue weighted by atomic mass is 10.0. The van der Waals surface area contributed by atoms with E-state index in [0.717, 1.165) is 23.4 Å². The van der Waals surface area contributed by atoms with Crippen LogP contribution in [-0.2, 0) is 12.8 Å². The molecular formula is C11H14ClN. The first-order valence-electron chi connectivity index (χ1n) is 4.75. The first-order chi connectivity index (χ1) is 6.18. The predicted octanol–water partition coefficient (Wildman–Crippen LogP) is 2.85. The van der Waals surface area contributed by atoms with Crippen LogP contribution >= 0.6 is 11.6 Å². The molecule has 0 heterocycles. The molecule has 1 unspecified atom stereocenters. The first kappa shape index (κ1) is 9.04. The van der Waals surface area contributed by atoms with Crippen LogP contribution in [0.5, 0.6) is 0 Å². The molecule has 1 atom stereocenters. The zero-order chi connectivity index (χ0) is 9.42. The Labute approximate surface area is 83.9 Å². The average molecular weight is 196 g/mol. The Hall–Kier alpha value is -0.530. The molecule has 0 spiro atoms. The number of fused-ring (bicyclic) bond motifs is 1. The number of benzene rings is 1. The van der Waals surface area contributed by atoms with Crippen molar-refractivity contribution in [2.45, 2.75) is 32.2 Å². The van der Waals surface area contributed by atoms with Crippen molar-refractivity contribution < 1.29 is 0 Å². The molecule has 1 aromatic rings. The van der Waals surface area contributed by atoms with Crippen LogP contribution in [0.25, 0.3) is 0 Å². The second-order valence-electron chi connectivity index (χ2n) is 3.78. The molecule has 0 bridgehead atoms. The van der Waals surface area contributed by atoms with E-state index in [4.69, 9.17) is 17.3 Å². The zero-order valence-corrected chi connectivity index (χ0v) is 8.56. The molecule has 0 fully saturated rings. The Kier molecular flexibility index (Phi) is 2.31. The van der Waals surface area contributed by atoms with Gasteiger partial charge in [-0.25, -0.2) is 0 Å². The van der Waals surface area contributed by atoms with Crippen molar-refractivity contribution >= 4 is 11.6 Å². The highest BCUT2D eigenvalue weighted by Gasteiger charge is 2.15. The van der Waals surface area contributed by atoms with Gasteiger partial charge in [0.1, 0.15) is 0 Å². The van der Waals surface area contributed by atoms with E-state index in [9.17, 15) is 0 Å². The Bertz CT molecular complexity index is 331. The van der Waals surface area contributed by atoms with Crippen LogP contribution in [-0.4, -0.2) is 0 Å². The average Bonchev–Trinajstić information content (AvgIpc) is 2.51. The number of hydrogen-bond acceptors (Lipinski definition) is 1. The van der Waals surface area contributed by atoms with Crippen LogP contribution < -0.4 is 5.73 Å². The zero-order valence-electron chi connectivity index (χ0n) is 7.81. The van der Waals surface area contributed by atoms with Gasteiger partial charge >= 0.3 is 0 Å². The molecule has 0 amide bonds. The van der Waals surface area contributed by atoms with Crippen LogP contribution in [0.2, 0.25) is 5.02 Å². The Morgan fingerprint density at radius 2 is 2.15 bits per heavy atom. The fourth-order valence-electron chi connectivity index (χ4n) is 1.94. The third-order valence-electron chi connectivity index (χ3n) is 2.71. The van der Waals surface area contributed by atoms with Crippen molar-refractivity contribution in [1.29, 1.82) is 0 Å². The molecule has 0 aromatic heterocycles. The minimum Gasteiger partial charge on any atom is -0.324 e. The fraction of sp³-hybridized carbons (Fsp3) is 0.455. The summed E-state index contributed by atoms with van der Waals surface area (Å²) in [5.41, 5.74) is 9.72. The maximum absolute atomic E-state index is 6.16. The summed E-state index contributed by atoms with van der Waals surface area (Å²) in [5, 5.41) is 0.905. The first-order valence-corrected chi connectivity index (χ1v) is 5.13. The quantitative estimate of drug-likeness (QED) is 0.733. The number of rotatable bonds is 1. The van der Waals surface area contributed by atoms with E-state index < -0.39 is 0 Å². The minimum atomic E-state index is 0.0865. The van der Waals surface area contributed by atoms with Gasteiger partial charge in [-0.2, -0.15) is 0 Å². The van der Waals surface area contributed by atoms with Gasteiger partial charge in [-0.15, -0.1) is 0 Å². The van der Waals surface area contributed by atoms with E-state index in [0.29, 0.717) is 0 Å². The molecule has 0 saturated heterocycles. The lowest BCUT2D eigenvalue weighted by Gasteiger charge is -2.09. The molecule has 70 valence electrons. The lowest BCUT2D eigenvalue weighted by Crippen LogP contribution is -2.05. The van der Waals surface area contributed by atoms with Gasteiger partial charge in [0.05, 0.1) is 0 Å². The Morgan fingerprint density at radius 3 is 2.85 bits per heavy atom. The molecule has 1 aliphatic carbocycles.